The number of sulfone groups is 1. The van der Waals surface area contributed by atoms with Crippen molar-refractivity contribution in [3.05, 3.63) is 83.8 Å². The van der Waals surface area contributed by atoms with Crippen molar-refractivity contribution >= 4 is 26.0 Å². The van der Waals surface area contributed by atoms with Crippen LogP contribution in [0.25, 0.3) is 0 Å². The first-order chi connectivity index (χ1) is 19.9. The smallest absolute Gasteiger partial charge is 0.301 e. The Morgan fingerprint density at radius 3 is 2.60 bits per heavy atom. The molecule has 0 radical (unpaired) electrons. The van der Waals surface area contributed by atoms with Crippen LogP contribution in [0.5, 0.6) is 17.4 Å². The van der Waals surface area contributed by atoms with Crippen LogP contribution in [-0.2, 0) is 24.8 Å². The van der Waals surface area contributed by atoms with E-state index >= 15 is 0 Å². The summed E-state index contributed by atoms with van der Waals surface area (Å²) in [7, 11) is -6.89. The molecule has 1 aliphatic heterocycles. The molecule has 13 heteroatoms. The summed E-state index contributed by atoms with van der Waals surface area (Å²) in [5.41, 5.74) is 2.10. The Bertz CT molecular complexity index is 1580. The average Bonchev–Trinajstić information content (AvgIpc) is 2.98. The van der Waals surface area contributed by atoms with Gasteiger partial charge in [0.05, 0.1) is 24.1 Å². The molecule has 1 amide bonds. The number of hydrogen-bond acceptors (Lipinski definition) is 9. The normalized spacial score (nSPS) is 22.9. The number of benzene rings is 1. The van der Waals surface area contributed by atoms with E-state index in [0.717, 1.165) is 5.57 Å². The van der Waals surface area contributed by atoms with Crippen LogP contribution < -0.4 is 23.7 Å². The minimum absolute atomic E-state index is 0.0210. The summed E-state index contributed by atoms with van der Waals surface area (Å²) in [5.74, 6) is 1.71. The van der Waals surface area contributed by atoms with E-state index < -0.39 is 32.0 Å². The Hall–Kier alpha value is -3.68. The van der Waals surface area contributed by atoms with E-state index in [-0.39, 0.29) is 24.9 Å². The van der Waals surface area contributed by atoms with Crippen LogP contribution in [0.1, 0.15) is 49.4 Å². The minimum Gasteiger partial charge on any atom is -0.490 e. The summed E-state index contributed by atoms with van der Waals surface area (Å²) in [6.07, 6.45) is 9.20. The van der Waals surface area contributed by atoms with Gasteiger partial charge in [0.25, 0.3) is 0 Å². The first kappa shape index (κ1) is 31.3. The summed E-state index contributed by atoms with van der Waals surface area (Å²) in [6.45, 7) is 6.27. The summed E-state index contributed by atoms with van der Waals surface area (Å²) in [4.78, 5) is 16.1. The number of allylic oxidation sites excluding steroid dienone is 3. The van der Waals surface area contributed by atoms with Gasteiger partial charge in [-0.2, -0.15) is 13.1 Å². The van der Waals surface area contributed by atoms with Crippen molar-refractivity contribution in [2.45, 2.75) is 51.2 Å². The van der Waals surface area contributed by atoms with Crippen molar-refractivity contribution in [2.24, 2.45) is 0 Å². The largest absolute Gasteiger partial charge is 0.490 e. The zero-order chi connectivity index (χ0) is 30.3. The topological polar surface area (TPSA) is 150 Å². The van der Waals surface area contributed by atoms with Gasteiger partial charge in [-0.3, -0.25) is 4.79 Å². The highest BCUT2D eigenvalue weighted by Crippen LogP contribution is 2.28. The number of amides is 1. The lowest BCUT2D eigenvalue weighted by molar-refractivity contribution is -0.120. The molecule has 0 spiro atoms. The van der Waals surface area contributed by atoms with Gasteiger partial charge in [-0.25, -0.2) is 18.1 Å². The first-order valence-electron chi connectivity index (χ1n) is 13.5. The maximum atomic E-state index is 11.8. The van der Waals surface area contributed by atoms with Gasteiger partial charge in [-0.05, 0) is 61.6 Å². The maximum Gasteiger partial charge on any atom is 0.301 e. The van der Waals surface area contributed by atoms with E-state index in [1.165, 1.54) is 6.26 Å². The lowest BCUT2D eigenvalue weighted by Crippen LogP contribution is -2.48. The van der Waals surface area contributed by atoms with E-state index in [1.54, 1.807) is 43.3 Å². The lowest BCUT2D eigenvalue weighted by Gasteiger charge is -2.24. The third-order valence-electron chi connectivity index (χ3n) is 6.56. The van der Waals surface area contributed by atoms with E-state index in [9.17, 15) is 21.6 Å². The van der Waals surface area contributed by atoms with Gasteiger partial charge in [-0.15, -0.1) is 0 Å². The summed E-state index contributed by atoms with van der Waals surface area (Å²) in [6, 6.07) is 9.85. The molecule has 2 N–H and O–H groups in total. The molecule has 226 valence electrons. The van der Waals surface area contributed by atoms with Crippen LogP contribution in [0.2, 0.25) is 0 Å². The molecule has 1 fully saturated rings. The third kappa shape index (κ3) is 9.43. The lowest BCUT2D eigenvalue weighted by atomic mass is 10.0. The fourth-order valence-corrected chi connectivity index (χ4v) is 6.09. The number of ether oxygens (including phenoxy) is 3. The summed E-state index contributed by atoms with van der Waals surface area (Å²) >= 11 is 0. The van der Waals surface area contributed by atoms with Gasteiger partial charge in [-0.1, -0.05) is 30.9 Å². The minimum atomic E-state index is -3.85. The van der Waals surface area contributed by atoms with Gasteiger partial charge in [0.1, 0.15) is 33.2 Å². The van der Waals surface area contributed by atoms with Crippen molar-refractivity contribution in [2.75, 3.05) is 18.6 Å². The molecule has 11 nitrogen and oxygen atoms in total. The number of carbonyl (C=O) groups is 1. The van der Waals surface area contributed by atoms with E-state index in [0.29, 0.717) is 60.1 Å². The molecule has 1 aromatic carbocycles. The number of rotatable bonds is 10. The number of pyridine rings is 1. The average molecular weight is 618 g/mol. The number of aromatic nitrogens is 1. The summed E-state index contributed by atoms with van der Waals surface area (Å²) in [5, 5.41) is 0. The SMILES string of the molecule is C=C1CC[C@@H](Oc2ccc(C3CC(=O)NS(=O)(=O)N3)cc2)C/C=C\C=C/1Oc1ccc(OCCCS(C)(=O)=O)nc1C. The van der Waals surface area contributed by atoms with Crippen molar-refractivity contribution < 1.29 is 35.8 Å². The van der Waals surface area contributed by atoms with Gasteiger partial charge in [0.15, 0.2) is 0 Å². The van der Waals surface area contributed by atoms with Crippen LogP contribution in [0.4, 0.5) is 0 Å². The summed E-state index contributed by atoms with van der Waals surface area (Å²) < 4.78 is 68.4. The second-order valence-corrected chi connectivity index (χ2v) is 13.9. The van der Waals surface area contributed by atoms with Gasteiger partial charge < -0.3 is 14.2 Å². The molecule has 1 unspecified atom stereocenters. The maximum absolute atomic E-state index is 11.8. The number of hydrogen-bond donors (Lipinski definition) is 2. The Morgan fingerprint density at radius 1 is 1.14 bits per heavy atom. The standard InChI is InChI=1S/C29H35N3O8S2/c1-20-9-12-23(39-24-13-10-22(11-14-24)25-19-28(33)32-42(36,37)31-25)7-4-5-8-26(20)40-27-15-16-29(30-21(27)2)38-17-6-18-41(3,34)35/h4-5,8,10-11,13-16,23,25,31H,1,6-7,9,12,17-19H2,2-3H3,(H,32,33)/b5-4-,26-8+/t23-,25?/m0/s1. The number of nitrogens with zero attached hydrogens (tertiary/aromatic N) is 1. The second-order valence-electron chi connectivity index (χ2n) is 10.2. The molecular weight excluding hydrogens is 582 g/mol. The van der Waals surface area contributed by atoms with E-state index in [1.807, 2.05) is 23.0 Å². The zero-order valence-corrected chi connectivity index (χ0v) is 25.2. The molecule has 2 atom stereocenters. The monoisotopic (exact) mass is 617 g/mol. The van der Waals surface area contributed by atoms with Gasteiger partial charge in [0, 0.05) is 25.2 Å². The molecule has 42 heavy (non-hydrogen) atoms. The van der Waals surface area contributed by atoms with Crippen LogP contribution in [-0.4, -0.2) is 52.4 Å². The molecule has 1 aromatic heterocycles. The second kappa shape index (κ2) is 13.5. The number of aryl methyl sites for hydroxylation is 1. The van der Waals surface area contributed by atoms with Crippen LogP contribution in [0, 0.1) is 6.92 Å². The quantitative estimate of drug-likeness (QED) is 0.381. The fourth-order valence-electron chi connectivity index (χ4n) is 4.42. The molecule has 0 saturated carbocycles. The predicted molar refractivity (Wildman–Crippen MR) is 158 cm³/mol. The van der Waals surface area contributed by atoms with Crippen molar-refractivity contribution in [3.8, 4) is 17.4 Å². The number of nitrogens with one attached hydrogen (secondary N) is 2. The van der Waals surface area contributed by atoms with Gasteiger partial charge >= 0.3 is 10.2 Å². The Kier molecular flexibility index (Phi) is 10.1. The highest BCUT2D eigenvalue weighted by atomic mass is 32.2. The first-order valence-corrected chi connectivity index (χ1v) is 17.0. The van der Waals surface area contributed by atoms with Crippen LogP contribution >= 0.6 is 0 Å². The molecule has 1 aliphatic carbocycles. The number of carbonyl (C=O) groups excluding carboxylic acids is 1. The van der Waals surface area contributed by atoms with E-state index in [2.05, 4.69) is 16.3 Å². The Morgan fingerprint density at radius 2 is 1.90 bits per heavy atom. The Balaban J connectivity index is 1.31. The zero-order valence-electron chi connectivity index (χ0n) is 23.5. The molecule has 2 aliphatic rings. The van der Waals surface area contributed by atoms with Crippen LogP contribution in [0.3, 0.4) is 0 Å². The molecule has 1 saturated heterocycles. The molecule has 2 heterocycles. The molecule has 2 aromatic rings. The van der Waals surface area contributed by atoms with Crippen molar-refractivity contribution in [1.82, 2.24) is 14.4 Å². The van der Waals surface area contributed by atoms with E-state index in [4.69, 9.17) is 14.2 Å². The Labute approximate surface area is 246 Å². The highest BCUT2D eigenvalue weighted by molar-refractivity contribution is 7.90. The predicted octanol–water partition coefficient (Wildman–Crippen LogP) is 3.61. The molecule has 4 rings (SSSR count). The van der Waals surface area contributed by atoms with Gasteiger partial charge in [0.2, 0.25) is 11.8 Å². The molecular formula is C29H35N3O8S2. The molecule has 0 bridgehead atoms. The van der Waals surface area contributed by atoms with Crippen LogP contribution in [0.15, 0.2) is 72.5 Å². The van der Waals surface area contributed by atoms with Crippen molar-refractivity contribution in [3.63, 3.8) is 0 Å². The highest BCUT2D eigenvalue weighted by Gasteiger charge is 2.29. The van der Waals surface area contributed by atoms with Crippen molar-refractivity contribution in [1.29, 1.82) is 0 Å². The fraction of sp³-hybridized carbons (Fsp3) is 0.379. The third-order valence-corrected chi connectivity index (χ3v) is 8.68.